The number of amides is 2. The number of benzene rings is 2. The van der Waals surface area contributed by atoms with E-state index >= 15 is 0 Å². The highest BCUT2D eigenvalue weighted by atomic mass is 16.2. The van der Waals surface area contributed by atoms with Crippen LogP contribution >= 0.6 is 0 Å². The highest BCUT2D eigenvalue weighted by molar-refractivity contribution is 6.02. The van der Waals surface area contributed by atoms with Gasteiger partial charge in [0.25, 0.3) is 0 Å². The number of carbonyl (C=O) groups is 2. The summed E-state index contributed by atoms with van der Waals surface area (Å²) in [6.45, 7) is 16.3. The number of pyridine rings is 1. The minimum Gasteiger partial charge on any atom is -0.324 e. The Balaban J connectivity index is 1.33. The third kappa shape index (κ3) is 5.86. The van der Waals surface area contributed by atoms with E-state index in [-0.39, 0.29) is 11.8 Å². The molecule has 5 rings (SSSR count). The fraction of sp³-hybridized carbons (Fsp3) is 0.545. The van der Waals surface area contributed by atoms with Gasteiger partial charge in [0.05, 0.1) is 22.1 Å². The zero-order chi connectivity index (χ0) is 28.7. The molecule has 2 aliphatic heterocycles. The van der Waals surface area contributed by atoms with Crippen molar-refractivity contribution in [3.63, 3.8) is 0 Å². The van der Waals surface area contributed by atoms with E-state index in [0.29, 0.717) is 11.8 Å². The van der Waals surface area contributed by atoms with Crippen LogP contribution in [-0.4, -0.2) is 63.9 Å². The van der Waals surface area contributed by atoms with E-state index in [0.717, 1.165) is 72.2 Å². The summed E-state index contributed by atoms with van der Waals surface area (Å²) in [5.41, 5.74) is 1.91. The molecule has 2 aromatic carbocycles. The van der Waals surface area contributed by atoms with Crippen molar-refractivity contribution in [2.24, 2.45) is 11.8 Å². The molecule has 2 atom stereocenters. The summed E-state index contributed by atoms with van der Waals surface area (Å²) in [5, 5.41) is 8.29. The normalized spacial score (nSPS) is 21.4. The average Bonchev–Trinajstić information content (AvgIpc) is 2.91. The van der Waals surface area contributed by atoms with Crippen LogP contribution in [-0.2, 0) is 9.59 Å². The van der Waals surface area contributed by atoms with Gasteiger partial charge in [-0.1, -0.05) is 26.0 Å². The van der Waals surface area contributed by atoms with E-state index in [1.165, 1.54) is 12.8 Å². The maximum atomic E-state index is 13.3. The van der Waals surface area contributed by atoms with Crippen LogP contribution in [0.1, 0.15) is 67.2 Å². The molecule has 7 nitrogen and oxygen atoms in total. The lowest BCUT2D eigenvalue weighted by Crippen LogP contribution is -2.55. The summed E-state index contributed by atoms with van der Waals surface area (Å²) >= 11 is 0. The van der Waals surface area contributed by atoms with Crippen molar-refractivity contribution < 1.29 is 9.59 Å². The smallest absolute Gasteiger partial charge is 0.244 e. The van der Waals surface area contributed by atoms with Crippen LogP contribution in [0.25, 0.3) is 21.8 Å². The van der Waals surface area contributed by atoms with Crippen molar-refractivity contribution in [3.8, 4) is 0 Å². The van der Waals surface area contributed by atoms with Crippen LogP contribution in [0.2, 0.25) is 0 Å². The number of hydrogen-bond acceptors (Lipinski definition) is 5. The van der Waals surface area contributed by atoms with Crippen LogP contribution < -0.4 is 10.6 Å². The first-order valence-corrected chi connectivity index (χ1v) is 14.9. The molecule has 2 amide bonds. The molecule has 40 heavy (non-hydrogen) atoms. The number of piperidine rings is 2. The first-order chi connectivity index (χ1) is 18.9. The number of aromatic nitrogens is 1. The molecule has 7 heteroatoms. The molecule has 0 radical (unpaired) electrons. The number of rotatable bonds is 6. The maximum absolute atomic E-state index is 13.3. The summed E-state index contributed by atoms with van der Waals surface area (Å²) in [6, 6.07) is 13.9. The summed E-state index contributed by atoms with van der Waals surface area (Å²) in [7, 11) is 0. The van der Waals surface area contributed by atoms with Gasteiger partial charge in [-0.15, -0.1) is 0 Å². The van der Waals surface area contributed by atoms with Crippen molar-refractivity contribution >= 4 is 45.0 Å². The van der Waals surface area contributed by atoms with Gasteiger partial charge in [-0.2, -0.15) is 0 Å². The largest absolute Gasteiger partial charge is 0.324 e. The molecule has 2 fully saturated rings. The fourth-order valence-corrected chi connectivity index (χ4v) is 6.23. The van der Waals surface area contributed by atoms with Crippen molar-refractivity contribution in [1.29, 1.82) is 0 Å². The highest BCUT2D eigenvalue weighted by Crippen LogP contribution is 2.29. The first-order valence-electron chi connectivity index (χ1n) is 14.9. The Labute approximate surface area is 238 Å². The van der Waals surface area contributed by atoms with Crippen molar-refractivity contribution in [2.75, 3.05) is 36.8 Å². The third-order valence-electron chi connectivity index (χ3n) is 9.14. The molecule has 3 aromatic rings. The van der Waals surface area contributed by atoms with E-state index in [2.05, 4.69) is 40.3 Å². The van der Waals surface area contributed by atoms with E-state index in [4.69, 9.17) is 4.98 Å². The van der Waals surface area contributed by atoms with Crippen molar-refractivity contribution in [1.82, 2.24) is 14.8 Å². The molecule has 1 aromatic heterocycles. The zero-order valence-electron chi connectivity index (χ0n) is 25.0. The molecule has 2 aliphatic rings. The minimum absolute atomic E-state index is 0.00236. The number of fused-ring (bicyclic) bond motifs is 2. The highest BCUT2D eigenvalue weighted by Gasteiger charge is 2.37. The van der Waals surface area contributed by atoms with Gasteiger partial charge in [-0.25, -0.2) is 4.98 Å². The van der Waals surface area contributed by atoms with Crippen molar-refractivity contribution in [3.05, 3.63) is 42.5 Å². The van der Waals surface area contributed by atoms with Crippen molar-refractivity contribution in [2.45, 2.75) is 78.3 Å². The predicted octanol–water partition coefficient (Wildman–Crippen LogP) is 6.29. The molecule has 2 saturated heterocycles. The second kappa shape index (κ2) is 11.1. The number of anilines is 2. The van der Waals surface area contributed by atoms with E-state index < -0.39 is 11.1 Å². The second-order valence-corrected chi connectivity index (χ2v) is 13.2. The molecule has 214 valence electrons. The second-order valence-electron chi connectivity index (χ2n) is 13.2. The minimum atomic E-state index is -0.590. The molecule has 0 aliphatic carbocycles. The number of hydrogen-bond donors (Lipinski definition) is 2. The standard InChI is InChI=1S/C33H45N5O2/c1-22-9-7-15-37(20-22)32(3,4)30(39)34-26-13-11-24-17-25-12-14-27(19-29(25)36-28(24)18-26)35-31(40)33(5,6)38-16-8-10-23(2)21-38/h11-14,17-19,22-23H,7-10,15-16,20-21H2,1-6H3,(H,34,39)(H,35,40). The first kappa shape index (κ1) is 28.5. The Morgan fingerprint density at radius 1 is 0.725 bits per heavy atom. The molecule has 2 unspecified atom stereocenters. The summed E-state index contributed by atoms with van der Waals surface area (Å²) in [4.78, 5) is 36.2. The van der Waals surface area contributed by atoms with Gasteiger partial charge >= 0.3 is 0 Å². The van der Waals surface area contributed by atoms with Gasteiger partial charge in [0, 0.05) is 35.2 Å². The zero-order valence-corrected chi connectivity index (χ0v) is 25.0. The van der Waals surface area contributed by atoms with Gasteiger partial charge in [-0.05, 0) is 109 Å². The summed E-state index contributed by atoms with van der Waals surface area (Å²) < 4.78 is 0. The number of nitrogens with one attached hydrogen (secondary N) is 2. The molecule has 0 bridgehead atoms. The topological polar surface area (TPSA) is 77.6 Å². The van der Waals surface area contributed by atoms with Gasteiger partial charge in [0.1, 0.15) is 0 Å². The lowest BCUT2D eigenvalue weighted by molar-refractivity contribution is -0.128. The SMILES string of the molecule is CC1CCCN(C(C)(C)C(=O)Nc2ccc3cc4ccc(NC(=O)C(C)(C)N5CCCC(C)C5)cc4nc3c2)C1. The Morgan fingerprint density at radius 3 is 1.55 bits per heavy atom. The van der Waals surface area contributed by atoms with E-state index in [1.54, 1.807) is 0 Å². The maximum Gasteiger partial charge on any atom is 0.244 e. The molecular weight excluding hydrogens is 498 g/mol. The number of nitrogens with zero attached hydrogens (tertiary/aromatic N) is 3. The van der Waals surface area contributed by atoms with Gasteiger partial charge < -0.3 is 10.6 Å². The predicted molar refractivity (Wildman–Crippen MR) is 165 cm³/mol. The summed E-state index contributed by atoms with van der Waals surface area (Å²) in [5.74, 6) is 1.20. The van der Waals surface area contributed by atoms with Gasteiger partial charge in [-0.3, -0.25) is 19.4 Å². The molecule has 3 heterocycles. The van der Waals surface area contributed by atoms with Crippen LogP contribution in [0, 0.1) is 11.8 Å². The average molecular weight is 544 g/mol. The Bertz CT molecular complexity index is 1310. The molecule has 0 saturated carbocycles. The molecule has 0 spiro atoms. The van der Waals surface area contributed by atoms with Gasteiger partial charge in [0.15, 0.2) is 0 Å². The Morgan fingerprint density at radius 2 is 1.15 bits per heavy atom. The lowest BCUT2D eigenvalue weighted by Gasteiger charge is -2.41. The number of likely N-dealkylation sites (tertiary alicyclic amines) is 2. The van der Waals surface area contributed by atoms with Crippen LogP contribution in [0.5, 0.6) is 0 Å². The Hall–Kier alpha value is -3.03. The van der Waals surface area contributed by atoms with Gasteiger partial charge in [0.2, 0.25) is 11.8 Å². The lowest BCUT2D eigenvalue weighted by atomic mass is 9.93. The van der Waals surface area contributed by atoms with Crippen LogP contribution in [0.15, 0.2) is 42.5 Å². The van der Waals surface area contributed by atoms with E-state index in [9.17, 15) is 9.59 Å². The summed E-state index contributed by atoms with van der Waals surface area (Å²) in [6.07, 6.45) is 4.70. The Kier molecular flexibility index (Phi) is 7.90. The van der Waals surface area contributed by atoms with Crippen LogP contribution in [0.3, 0.4) is 0 Å². The third-order valence-corrected chi connectivity index (χ3v) is 9.14. The molecule has 2 N–H and O–H groups in total. The quantitative estimate of drug-likeness (QED) is 0.358. The fourth-order valence-electron chi connectivity index (χ4n) is 6.23. The number of carbonyl (C=O) groups excluding carboxylic acids is 2. The molecular formula is C33H45N5O2. The van der Waals surface area contributed by atoms with Crippen LogP contribution in [0.4, 0.5) is 11.4 Å². The monoisotopic (exact) mass is 543 g/mol. The van der Waals surface area contributed by atoms with E-state index in [1.807, 2.05) is 64.1 Å².